The van der Waals surface area contributed by atoms with Crippen molar-refractivity contribution in [2.24, 2.45) is 11.8 Å². The Balaban J connectivity index is 1.76. The Morgan fingerprint density at radius 2 is 1.84 bits per heavy atom. The van der Waals surface area contributed by atoms with E-state index in [0.29, 0.717) is 0 Å². The summed E-state index contributed by atoms with van der Waals surface area (Å²) in [6.45, 7) is 7.54. The van der Waals surface area contributed by atoms with Gasteiger partial charge in [-0.3, -0.25) is 9.59 Å². The fraction of sp³-hybridized carbons (Fsp3) is 0.625. The predicted octanol–water partition coefficient (Wildman–Crippen LogP) is -0.180. The molecule has 9 heteroatoms. The smallest absolute Gasteiger partial charge is 0.350 e. The van der Waals surface area contributed by atoms with Crippen LogP contribution in [-0.2, 0) is 38.1 Å². The second-order valence-electron chi connectivity index (χ2n) is 6.91. The normalized spacial score (nSPS) is 35.2. The van der Waals surface area contributed by atoms with Gasteiger partial charge in [-0.1, -0.05) is 6.58 Å². The molecular weight excluding hydrogens is 336 g/mol. The third kappa shape index (κ3) is 2.58. The summed E-state index contributed by atoms with van der Waals surface area (Å²) in [5, 5.41) is 9.36. The highest BCUT2D eigenvalue weighted by Crippen LogP contribution is 2.51. The van der Waals surface area contributed by atoms with E-state index in [1.54, 1.807) is 0 Å². The second-order valence-corrected chi connectivity index (χ2v) is 6.91. The first kappa shape index (κ1) is 17.4. The highest BCUT2D eigenvalue weighted by atomic mass is 16.7. The molecule has 9 nitrogen and oxygen atoms in total. The molecule has 0 saturated carbocycles. The molecular formula is C16H18O9. The summed E-state index contributed by atoms with van der Waals surface area (Å²) in [6.07, 6.45) is -3.66. The number of hydrogen-bond acceptors (Lipinski definition) is 8. The van der Waals surface area contributed by atoms with Gasteiger partial charge in [0.2, 0.25) is 5.60 Å². The fourth-order valence-electron chi connectivity index (χ4n) is 3.38. The van der Waals surface area contributed by atoms with E-state index in [0.717, 1.165) is 0 Å². The Labute approximate surface area is 142 Å². The zero-order valence-corrected chi connectivity index (χ0v) is 13.9. The number of carbonyl (C=O) groups excluding carboxylic acids is 3. The lowest BCUT2D eigenvalue weighted by atomic mass is 9.78. The van der Waals surface area contributed by atoms with Crippen molar-refractivity contribution < 1.29 is 43.2 Å². The van der Waals surface area contributed by atoms with E-state index in [9.17, 15) is 24.3 Å². The van der Waals surface area contributed by atoms with Crippen molar-refractivity contribution in [1.82, 2.24) is 0 Å². The number of carbonyl (C=O) groups is 4. The van der Waals surface area contributed by atoms with Gasteiger partial charge >= 0.3 is 23.9 Å². The van der Waals surface area contributed by atoms with Gasteiger partial charge in [0.1, 0.15) is 24.0 Å². The van der Waals surface area contributed by atoms with Crippen molar-refractivity contribution in [3.63, 3.8) is 0 Å². The van der Waals surface area contributed by atoms with Gasteiger partial charge < -0.3 is 24.1 Å². The number of ether oxygens (including phenoxy) is 4. The predicted molar refractivity (Wildman–Crippen MR) is 78.0 cm³/mol. The summed E-state index contributed by atoms with van der Waals surface area (Å²) < 4.78 is 21.0. The maximum Gasteiger partial charge on any atom is 0.350 e. The largest absolute Gasteiger partial charge is 0.481 e. The summed E-state index contributed by atoms with van der Waals surface area (Å²) in [5.41, 5.74) is -1.51. The van der Waals surface area contributed by atoms with Crippen molar-refractivity contribution in [2.75, 3.05) is 0 Å². The molecule has 3 rings (SSSR count). The van der Waals surface area contributed by atoms with Gasteiger partial charge in [0.25, 0.3) is 0 Å². The van der Waals surface area contributed by atoms with Crippen molar-refractivity contribution in [3.8, 4) is 0 Å². The Morgan fingerprint density at radius 1 is 1.20 bits per heavy atom. The molecule has 136 valence electrons. The van der Waals surface area contributed by atoms with E-state index in [4.69, 9.17) is 18.9 Å². The molecule has 0 aromatic heterocycles. The van der Waals surface area contributed by atoms with Gasteiger partial charge in [0.15, 0.2) is 12.2 Å². The Bertz CT molecular complexity index is 679. The molecule has 3 saturated heterocycles. The quantitative estimate of drug-likeness (QED) is 0.406. The lowest BCUT2D eigenvalue weighted by molar-refractivity contribution is -0.186. The second kappa shape index (κ2) is 5.55. The molecule has 0 aromatic rings. The van der Waals surface area contributed by atoms with E-state index in [1.807, 2.05) is 0 Å². The number of aliphatic carboxylic acids is 1. The molecule has 25 heavy (non-hydrogen) atoms. The summed E-state index contributed by atoms with van der Waals surface area (Å²) in [5.74, 6) is -5.58. The lowest BCUT2D eigenvalue weighted by Gasteiger charge is -2.30. The van der Waals surface area contributed by atoms with Gasteiger partial charge in [-0.05, 0) is 20.8 Å². The number of fused-ring (bicyclic) bond motifs is 1. The molecule has 0 amide bonds. The van der Waals surface area contributed by atoms with E-state index < -0.39 is 65.7 Å². The number of esters is 3. The SMILES string of the molecule is C=C(C)C(=O)OC(C)(C)C(=O)OC1C2OC(=O)C3C2OC1C3C(=O)O. The summed E-state index contributed by atoms with van der Waals surface area (Å²) >= 11 is 0. The zero-order valence-electron chi connectivity index (χ0n) is 13.9. The Kier molecular flexibility index (Phi) is 3.86. The minimum Gasteiger partial charge on any atom is -0.481 e. The molecule has 2 bridgehead atoms. The fourth-order valence-corrected chi connectivity index (χ4v) is 3.38. The Morgan fingerprint density at radius 3 is 2.40 bits per heavy atom. The molecule has 0 aliphatic carbocycles. The summed E-state index contributed by atoms with van der Waals surface area (Å²) in [6, 6.07) is 0. The Hall–Kier alpha value is -2.42. The molecule has 3 fully saturated rings. The van der Waals surface area contributed by atoms with Gasteiger partial charge in [-0.15, -0.1) is 0 Å². The maximum absolute atomic E-state index is 12.4. The molecule has 3 aliphatic heterocycles. The maximum atomic E-state index is 12.4. The molecule has 0 aromatic carbocycles. The number of rotatable bonds is 5. The number of carboxylic acid groups (broad SMARTS) is 1. The third-order valence-corrected chi connectivity index (χ3v) is 4.62. The molecule has 3 heterocycles. The highest BCUT2D eigenvalue weighted by Gasteiger charge is 2.72. The van der Waals surface area contributed by atoms with Crippen LogP contribution in [0.15, 0.2) is 12.2 Å². The average molecular weight is 354 g/mol. The van der Waals surface area contributed by atoms with Gasteiger partial charge in [-0.25, -0.2) is 9.59 Å². The molecule has 6 atom stereocenters. The van der Waals surface area contributed by atoms with Crippen LogP contribution >= 0.6 is 0 Å². The topological polar surface area (TPSA) is 125 Å². The van der Waals surface area contributed by atoms with Crippen LogP contribution in [0.1, 0.15) is 20.8 Å². The van der Waals surface area contributed by atoms with Crippen LogP contribution in [0.25, 0.3) is 0 Å². The van der Waals surface area contributed by atoms with Crippen LogP contribution in [0.3, 0.4) is 0 Å². The van der Waals surface area contributed by atoms with E-state index in [-0.39, 0.29) is 5.57 Å². The van der Waals surface area contributed by atoms with E-state index >= 15 is 0 Å². The van der Waals surface area contributed by atoms with Gasteiger partial charge in [-0.2, -0.15) is 0 Å². The van der Waals surface area contributed by atoms with Gasteiger partial charge in [0, 0.05) is 5.57 Å². The summed E-state index contributed by atoms with van der Waals surface area (Å²) in [4.78, 5) is 47.4. The van der Waals surface area contributed by atoms with Crippen LogP contribution in [0.5, 0.6) is 0 Å². The number of carboxylic acids is 1. The van der Waals surface area contributed by atoms with Crippen molar-refractivity contribution in [2.45, 2.75) is 50.8 Å². The van der Waals surface area contributed by atoms with Gasteiger partial charge in [0.05, 0.1) is 0 Å². The van der Waals surface area contributed by atoms with E-state index in [2.05, 4.69) is 6.58 Å². The van der Waals surface area contributed by atoms with Crippen molar-refractivity contribution >= 4 is 23.9 Å². The number of hydrogen-bond donors (Lipinski definition) is 1. The first-order chi connectivity index (χ1) is 11.5. The standard InChI is InChI=1S/C16H18O9/c1-5(2)13(19)25-16(3,4)15(21)24-11-8-6(12(17)18)7-9(22-8)10(11)23-14(7)20/h6-11H,1H2,2-4H3,(H,17,18). The van der Waals surface area contributed by atoms with Crippen LogP contribution < -0.4 is 0 Å². The monoisotopic (exact) mass is 354 g/mol. The summed E-state index contributed by atoms with van der Waals surface area (Å²) in [7, 11) is 0. The van der Waals surface area contributed by atoms with Crippen LogP contribution in [-0.4, -0.2) is 59.0 Å². The average Bonchev–Trinajstić information content (AvgIpc) is 3.09. The molecule has 0 radical (unpaired) electrons. The van der Waals surface area contributed by atoms with Crippen LogP contribution in [0.4, 0.5) is 0 Å². The van der Waals surface area contributed by atoms with Crippen molar-refractivity contribution in [1.29, 1.82) is 0 Å². The molecule has 1 N–H and O–H groups in total. The molecule has 0 spiro atoms. The lowest BCUT2D eigenvalue weighted by Crippen LogP contribution is -2.50. The van der Waals surface area contributed by atoms with Crippen LogP contribution in [0, 0.1) is 11.8 Å². The zero-order chi connectivity index (χ0) is 18.7. The van der Waals surface area contributed by atoms with Crippen LogP contribution in [0.2, 0.25) is 0 Å². The minimum atomic E-state index is -1.63. The van der Waals surface area contributed by atoms with Crippen molar-refractivity contribution in [3.05, 3.63) is 12.2 Å². The molecule has 3 aliphatic rings. The highest BCUT2D eigenvalue weighted by molar-refractivity contribution is 5.91. The van der Waals surface area contributed by atoms with E-state index in [1.165, 1.54) is 20.8 Å². The third-order valence-electron chi connectivity index (χ3n) is 4.62. The molecule has 6 unspecified atom stereocenters. The first-order valence-corrected chi connectivity index (χ1v) is 7.73. The minimum absolute atomic E-state index is 0.114. The first-order valence-electron chi connectivity index (χ1n) is 7.73.